The van der Waals surface area contributed by atoms with Crippen molar-refractivity contribution in [3.8, 4) is 0 Å². The molecule has 1 spiro atoms. The summed E-state index contributed by atoms with van der Waals surface area (Å²) in [6.07, 6.45) is 11.1. The summed E-state index contributed by atoms with van der Waals surface area (Å²) in [4.78, 5) is 21.8. The second-order valence-corrected chi connectivity index (χ2v) is 13.8. The van der Waals surface area contributed by atoms with Crippen LogP contribution in [0.1, 0.15) is 99.3 Å². The molecule has 12 atom stereocenters. The summed E-state index contributed by atoms with van der Waals surface area (Å²) < 4.78 is 0. The van der Waals surface area contributed by atoms with Crippen LogP contribution in [-0.4, -0.2) is 22.8 Å². The summed E-state index contributed by atoms with van der Waals surface area (Å²) in [6.45, 7) is 14.6. The van der Waals surface area contributed by atoms with Gasteiger partial charge in [-0.1, -0.05) is 54.4 Å². The van der Waals surface area contributed by atoms with E-state index in [1.807, 2.05) is 0 Å². The van der Waals surface area contributed by atoms with Gasteiger partial charge in [0.05, 0.1) is 0 Å². The Morgan fingerprint density at radius 1 is 0.879 bits per heavy atom. The Hall–Kier alpha value is -0.200. The van der Waals surface area contributed by atoms with Crippen LogP contribution in [0.3, 0.4) is 0 Å². The molecule has 0 aromatic heterocycles. The van der Waals surface area contributed by atoms with E-state index >= 15 is 0 Å². The van der Waals surface area contributed by atoms with Crippen LogP contribution in [0.25, 0.3) is 0 Å². The molecule has 5 heteroatoms. The Balaban J connectivity index is 1.23. The highest BCUT2D eigenvalue weighted by Gasteiger charge is 2.87. The number of fused-ring (bicyclic) bond motifs is 6. The van der Waals surface area contributed by atoms with E-state index in [-0.39, 0.29) is 11.5 Å². The van der Waals surface area contributed by atoms with Crippen LogP contribution in [0, 0.1) is 58.2 Å². The monoisotopic (exact) mass is 462 g/mol. The smallest absolute Gasteiger partial charge is 0.318 e. The van der Waals surface area contributed by atoms with Crippen LogP contribution >= 0.6 is 0 Å². The molecule has 33 heavy (non-hydrogen) atoms. The van der Waals surface area contributed by atoms with Gasteiger partial charge in [-0.15, -0.1) is 0 Å². The molecule has 2 heterocycles. The standard InChI is InChI=1S/C28H46O5/c1-16(2)17(3)7-8-18(4)21-11-12-22-20-10-9-19-15-24-27(31-30-24)28(29,33-32-27)26(19,6)23(20)13-14-25(21,22)5/h16-24,29H,7-15H2,1-6H3/t17-,18+,19+,20+,21+,22-,23-,24?,25+,26-,27?,28?/m0/s1. The zero-order valence-electron chi connectivity index (χ0n) is 21.6. The average molecular weight is 463 g/mol. The molecule has 6 fully saturated rings. The van der Waals surface area contributed by atoms with Crippen LogP contribution in [-0.2, 0) is 19.6 Å². The quantitative estimate of drug-likeness (QED) is 0.489. The number of rotatable bonds is 5. The summed E-state index contributed by atoms with van der Waals surface area (Å²) in [5, 5.41) is 11.9. The zero-order chi connectivity index (χ0) is 23.4. The third kappa shape index (κ3) is 2.72. The minimum Gasteiger partial charge on any atom is -0.359 e. The minimum absolute atomic E-state index is 0.204. The first kappa shape index (κ1) is 23.2. The van der Waals surface area contributed by atoms with Gasteiger partial charge in [0.25, 0.3) is 5.79 Å². The second kappa shape index (κ2) is 7.41. The van der Waals surface area contributed by atoms with Gasteiger partial charge in [0, 0.05) is 5.41 Å². The molecule has 188 valence electrons. The van der Waals surface area contributed by atoms with Crippen LogP contribution in [0.4, 0.5) is 0 Å². The maximum Gasteiger partial charge on any atom is 0.318 e. The Morgan fingerprint density at radius 3 is 2.30 bits per heavy atom. The first-order chi connectivity index (χ1) is 15.6. The molecule has 0 aromatic carbocycles. The summed E-state index contributed by atoms with van der Waals surface area (Å²) in [7, 11) is 0. The van der Waals surface area contributed by atoms with Gasteiger partial charge in [-0.2, -0.15) is 14.7 Å². The Morgan fingerprint density at radius 2 is 1.67 bits per heavy atom. The third-order valence-corrected chi connectivity index (χ3v) is 12.6. The van der Waals surface area contributed by atoms with Gasteiger partial charge in [-0.05, 0) is 97.7 Å². The van der Waals surface area contributed by atoms with E-state index in [2.05, 4.69) is 41.5 Å². The summed E-state index contributed by atoms with van der Waals surface area (Å²) in [5.74, 6) is 3.04. The zero-order valence-corrected chi connectivity index (χ0v) is 21.6. The average Bonchev–Trinajstić information content (AvgIpc) is 3.11. The Kier molecular flexibility index (Phi) is 5.21. The van der Waals surface area contributed by atoms with Gasteiger partial charge < -0.3 is 5.11 Å². The Labute approximate surface area is 200 Å². The van der Waals surface area contributed by atoms with Gasteiger partial charge in [0.1, 0.15) is 0 Å². The molecule has 1 N–H and O–H groups in total. The highest BCUT2D eigenvalue weighted by molar-refractivity contribution is 5.20. The van der Waals surface area contributed by atoms with Crippen LogP contribution < -0.4 is 0 Å². The van der Waals surface area contributed by atoms with Crippen molar-refractivity contribution < 1.29 is 24.7 Å². The lowest BCUT2D eigenvalue weighted by atomic mass is 9.41. The highest BCUT2D eigenvalue weighted by atomic mass is 17.4. The molecule has 3 unspecified atom stereocenters. The van der Waals surface area contributed by atoms with E-state index in [1.165, 1.54) is 44.9 Å². The van der Waals surface area contributed by atoms with Crippen LogP contribution in [0.2, 0.25) is 0 Å². The lowest BCUT2D eigenvalue weighted by molar-refractivity contribution is -0.787. The maximum atomic E-state index is 11.9. The molecule has 4 saturated carbocycles. The van der Waals surface area contributed by atoms with Gasteiger partial charge in [-0.3, -0.25) is 0 Å². The number of hydrogen-bond acceptors (Lipinski definition) is 5. The predicted molar refractivity (Wildman–Crippen MR) is 124 cm³/mol. The summed E-state index contributed by atoms with van der Waals surface area (Å²) in [6, 6.07) is 0. The van der Waals surface area contributed by atoms with Gasteiger partial charge in [0.15, 0.2) is 6.10 Å². The van der Waals surface area contributed by atoms with E-state index in [4.69, 9.17) is 19.6 Å². The van der Waals surface area contributed by atoms with E-state index < -0.39 is 11.6 Å². The van der Waals surface area contributed by atoms with Crippen molar-refractivity contribution in [2.45, 2.75) is 117 Å². The predicted octanol–water partition coefficient (Wildman–Crippen LogP) is 6.25. The normalized spacial score (nSPS) is 56.4. The van der Waals surface area contributed by atoms with Gasteiger partial charge in [-0.25, -0.2) is 4.89 Å². The fraction of sp³-hybridized carbons (Fsp3) is 1.00. The molecule has 2 saturated heterocycles. The molecule has 6 aliphatic rings. The van der Waals surface area contributed by atoms with E-state index in [0.717, 1.165) is 42.4 Å². The van der Waals surface area contributed by atoms with E-state index in [0.29, 0.717) is 23.2 Å². The van der Waals surface area contributed by atoms with Crippen molar-refractivity contribution in [2.24, 2.45) is 58.2 Å². The van der Waals surface area contributed by atoms with E-state index in [9.17, 15) is 5.11 Å². The van der Waals surface area contributed by atoms with Crippen LogP contribution in [0.5, 0.6) is 0 Å². The molecule has 6 rings (SSSR count). The molecule has 0 bridgehead atoms. The number of hydrogen-bond donors (Lipinski definition) is 1. The topological polar surface area (TPSA) is 57.2 Å². The lowest BCUT2D eigenvalue weighted by Crippen LogP contribution is -2.88. The molecule has 4 aliphatic carbocycles. The molecule has 0 amide bonds. The van der Waals surface area contributed by atoms with Gasteiger partial charge in [0.2, 0.25) is 0 Å². The molecular weight excluding hydrogens is 416 g/mol. The minimum atomic E-state index is -1.39. The first-order valence-electron chi connectivity index (χ1n) is 14.0. The SMILES string of the molecule is CC(C)[C@@H](C)CC[C@@H](C)[C@H]1CC[C@H]2[C@H]3CC[C@@H]4CC5OOC56OOC6(O)[C@]4(C)[C@H]3CC[C@]12C. The third-order valence-electron chi connectivity index (χ3n) is 12.6. The molecule has 0 radical (unpaired) electrons. The van der Waals surface area contributed by atoms with Crippen LogP contribution in [0.15, 0.2) is 0 Å². The highest BCUT2D eigenvalue weighted by Crippen LogP contribution is 2.74. The van der Waals surface area contributed by atoms with E-state index in [1.54, 1.807) is 0 Å². The molecule has 2 aliphatic heterocycles. The Bertz CT molecular complexity index is 782. The van der Waals surface area contributed by atoms with Crippen molar-refractivity contribution in [1.82, 2.24) is 0 Å². The first-order valence-corrected chi connectivity index (χ1v) is 14.0. The fourth-order valence-corrected chi connectivity index (χ4v) is 10.0. The summed E-state index contributed by atoms with van der Waals surface area (Å²) in [5.41, 5.74) is 0.0988. The van der Waals surface area contributed by atoms with Crippen molar-refractivity contribution in [2.75, 3.05) is 0 Å². The molecule has 0 aromatic rings. The van der Waals surface area contributed by atoms with Crippen molar-refractivity contribution in [3.05, 3.63) is 0 Å². The molecule has 5 nitrogen and oxygen atoms in total. The van der Waals surface area contributed by atoms with Crippen molar-refractivity contribution in [3.63, 3.8) is 0 Å². The van der Waals surface area contributed by atoms with Crippen molar-refractivity contribution >= 4 is 0 Å². The second-order valence-electron chi connectivity index (χ2n) is 13.8. The maximum absolute atomic E-state index is 11.9. The van der Waals surface area contributed by atoms with Gasteiger partial charge >= 0.3 is 5.79 Å². The lowest BCUT2D eigenvalue weighted by Gasteiger charge is -2.73. The summed E-state index contributed by atoms with van der Waals surface area (Å²) >= 11 is 0. The van der Waals surface area contributed by atoms with Crippen molar-refractivity contribution in [1.29, 1.82) is 0 Å². The largest absolute Gasteiger partial charge is 0.359 e. The fourth-order valence-electron chi connectivity index (χ4n) is 10.0. The number of aliphatic hydroxyl groups is 1. The molecular formula is C28H46O5.